The number of fused-ring (bicyclic) bond motifs is 2. The van der Waals surface area contributed by atoms with E-state index in [2.05, 4.69) is 5.32 Å². The summed E-state index contributed by atoms with van der Waals surface area (Å²) in [6.45, 7) is 2.48. The number of rotatable bonds is 8. The van der Waals surface area contributed by atoms with Crippen LogP contribution in [0.1, 0.15) is 18.1 Å². The van der Waals surface area contributed by atoms with Crippen LogP contribution in [0.5, 0.6) is 23.1 Å². The first-order valence-electron chi connectivity index (χ1n) is 11.6. The molecule has 7 nitrogen and oxygen atoms in total. The molecule has 0 radical (unpaired) electrons. The molecule has 36 heavy (non-hydrogen) atoms. The van der Waals surface area contributed by atoms with Crippen molar-refractivity contribution >= 4 is 23.4 Å². The minimum atomic E-state index is -0.141. The number of benzene rings is 3. The zero-order valence-corrected chi connectivity index (χ0v) is 20.8. The van der Waals surface area contributed by atoms with Gasteiger partial charge in [-0.15, -0.1) is 0 Å². The quantitative estimate of drug-likeness (QED) is 0.208. The molecule has 0 fully saturated rings. The maximum atomic E-state index is 12.8. The summed E-state index contributed by atoms with van der Waals surface area (Å²) in [7, 11) is 1.59. The van der Waals surface area contributed by atoms with Crippen molar-refractivity contribution in [2.75, 3.05) is 24.8 Å². The predicted molar refractivity (Wildman–Crippen MR) is 140 cm³/mol. The Morgan fingerprint density at radius 3 is 2.69 bits per heavy atom. The van der Waals surface area contributed by atoms with Gasteiger partial charge in [-0.2, -0.15) is 4.98 Å². The monoisotopic (exact) mass is 499 g/mol. The Morgan fingerprint density at radius 1 is 1.06 bits per heavy atom. The van der Waals surface area contributed by atoms with Gasteiger partial charge in [0.05, 0.1) is 25.0 Å². The summed E-state index contributed by atoms with van der Waals surface area (Å²) < 4.78 is 17.3. The smallest absolute Gasteiger partial charge is 0.234 e. The highest BCUT2D eigenvalue weighted by atomic mass is 32.2. The van der Waals surface area contributed by atoms with E-state index < -0.39 is 0 Å². The summed E-state index contributed by atoms with van der Waals surface area (Å²) in [6, 6.07) is 22.9. The minimum Gasteiger partial charge on any atom is -0.497 e. The number of methoxy groups -OCH3 is 1. The lowest BCUT2D eigenvalue weighted by atomic mass is 10.0. The molecule has 5 rings (SSSR count). The van der Waals surface area contributed by atoms with Crippen molar-refractivity contribution in [3.63, 3.8) is 0 Å². The molecule has 1 aromatic heterocycles. The van der Waals surface area contributed by atoms with Gasteiger partial charge >= 0.3 is 0 Å². The normalized spacial score (nSPS) is 11.6. The predicted octanol–water partition coefficient (Wildman–Crippen LogP) is 5.98. The van der Waals surface area contributed by atoms with Gasteiger partial charge in [0.2, 0.25) is 11.8 Å². The third kappa shape index (κ3) is 5.13. The lowest BCUT2D eigenvalue weighted by Gasteiger charge is -2.23. The van der Waals surface area contributed by atoms with Crippen molar-refractivity contribution in [3.8, 4) is 34.5 Å². The van der Waals surface area contributed by atoms with Crippen LogP contribution in [0.2, 0.25) is 0 Å². The Bertz CT molecular complexity index is 1400. The number of anilines is 1. The lowest BCUT2D eigenvalue weighted by molar-refractivity contribution is -0.113. The molecule has 3 aromatic carbocycles. The minimum absolute atomic E-state index is 0.141. The van der Waals surface area contributed by atoms with Crippen LogP contribution in [0.25, 0.3) is 11.4 Å². The van der Waals surface area contributed by atoms with Gasteiger partial charge in [-0.3, -0.25) is 4.79 Å². The highest BCUT2D eigenvalue weighted by Gasteiger charge is 2.27. The average molecular weight is 500 g/mol. The molecule has 0 unspecified atom stereocenters. The summed E-state index contributed by atoms with van der Waals surface area (Å²) >= 11 is 1.36. The van der Waals surface area contributed by atoms with E-state index in [1.807, 2.05) is 73.7 Å². The molecule has 1 aliphatic heterocycles. The highest BCUT2D eigenvalue weighted by Crippen LogP contribution is 2.44. The summed E-state index contributed by atoms with van der Waals surface area (Å²) in [6.07, 6.45) is 0.584. The number of carbonyl (C=O) groups is 1. The maximum absolute atomic E-state index is 12.8. The van der Waals surface area contributed by atoms with Gasteiger partial charge in [0.15, 0.2) is 17.3 Å². The lowest BCUT2D eigenvalue weighted by Crippen LogP contribution is -2.15. The molecule has 0 saturated carbocycles. The van der Waals surface area contributed by atoms with E-state index in [9.17, 15) is 4.79 Å². The third-order valence-corrected chi connectivity index (χ3v) is 6.60. The van der Waals surface area contributed by atoms with E-state index in [-0.39, 0.29) is 11.7 Å². The fourth-order valence-corrected chi connectivity index (χ4v) is 4.74. The molecular formula is C28H25N3O4S. The first kappa shape index (κ1) is 23.7. The zero-order valence-electron chi connectivity index (χ0n) is 20.0. The first-order chi connectivity index (χ1) is 17.6. The van der Waals surface area contributed by atoms with Crippen molar-refractivity contribution in [2.24, 2.45) is 0 Å². The van der Waals surface area contributed by atoms with Crippen LogP contribution < -0.4 is 19.5 Å². The molecule has 0 aliphatic carbocycles. The van der Waals surface area contributed by atoms with Crippen LogP contribution in [0.15, 0.2) is 77.8 Å². The van der Waals surface area contributed by atoms with Crippen LogP contribution in [-0.4, -0.2) is 35.3 Å². The second-order valence-electron chi connectivity index (χ2n) is 8.03. The van der Waals surface area contributed by atoms with Crippen molar-refractivity contribution < 1.29 is 19.0 Å². The summed E-state index contributed by atoms with van der Waals surface area (Å²) in [5.74, 6) is 3.11. The van der Waals surface area contributed by atoms with Crippen molar-refractivity contribution in [1.29, 1.82) is 0 Å². The topological polar surface area (TPSA) is 82.6 Å². The van der Waals surface area contributed by atoms with Gasteiger partial charge in [0.25, 0.3) is 0 Å². The van der Waals surface area contributed by atoms with Crippen LogP contribution in [0.4, 0.5) is 5.69 Å². The third-order valence-electron chi connectivity index (χ3n) is 5.58. The standard InChI is InChI=1S/C28H25N3O4S/c1-3-34-23-14-7-11-19-15-22-27(35-25(19)23)30-26(18-9-5-4-6-10-18)31-28(22)36-17-24(32)29-20-12-8-13-21(16-20)33-2/h4-14,16H,3,15,17H2,1-2H3,(H,29,32). The molecule has 0 saturated heterocycles. The first-order valence-corrected chi connectivity index (χ1v) is 12.6. The Hall–Kier alpha value is -4.04. The second kappa shape index (κ2) is 10.7. The number of thioether (sulfide) groups is 1. The Morgan fingerprint density at radius 2 is 1.89 bits per heavy atom. The van der Waals surface area contributed by atoms with Crippen LogP contribution in [-0.2, 0) is 11.2 Å². The van der Waals surface area contributed by atoms with E-state index in [1.165, 1.54) is 11.8 Å². The average Bonchev–Trinajstić information content (AvgIpc) is 2.91. The van der Waals surface area contributed by atoms with Gasteiger partial charge < -0.3 is 19.5 Å². The number of amides is 1. The van der Waals surface area contributed by atoms with Crippen LogP contribution >= 0.6 is 11.8 Å². The van der Waals surface area contributed by atoms with Crippen molar-refractivity contribution in [2.45, 2.75) is 18.4 Å². The number of para-hydroxylation sites is 1. The number of hydrogen-bond acceptors (Lipinski definition) is 7. The number of carbonyl (C=O) groups excluding carboxylic acids is 1. The number of ether oxygens (including phenoxy) is 3. The summed E-state index contributed by atoms with van der Waals surface area (Å²) in [5.41, 5.74) is 3.40. The van der Waals surface area contributed by atoms with E-state index in [0.29, 0.717) is 52.7 Å². The zero-order chi connectivity index (χ0) is 24.9. The van der Waals surface area contributed by atoms with E-state index in [4.69, 9.17) is 24.2 Å². The van der Waals surface area contributed by atoms with E-state index in [1.54, 1.807) is 13.2 Å². The second-order valence-corrected chi connectivity index (χ2v) is 8.99. The molecule has 0 bridgehead atoms. The van der Waals surface area contributed by atoms with Gasteiger partial charge in [0.1, 0.15) is 10.8 Å². The number of hydrogen-bond donors (Lipinski definition) is 1. The molecular weight excluding hydrogens is 474 g/mol. The number of aromatic nitrogens is 2. The largest absolute Gasteiger partial charge is 0.497 e. The molecule has 8 heteroatoms. The van der Waals surface area contributed by atoms with Gasteiger partial charge in [-0.1, -0.05) is 60.3 Å². The molecule has 0 atom stereocenters. The molecule has 1 N–H and O–H groups in total. The summed E-state index contributed by atoms with van der Waals surface area (Å²) in [4.78, 5) is 22.3. The van der Waals surface area contributed by atoms with Crippen molar-refractivity contribution in [3.05, 3.63) is 83.9 Å². The maximum Gasteiger partial charge on any atom is 0.234 e. The number of nitrogens with one attached hydrogen (secondary N) is 1. The molecule has 4 aromatic rings. The Kier molecular flexibility index (Phi) is 7.04. The van der Waals surface area contributed by atoms with Gasteiger partial charge in [0, 0.05) is 29.3 Å². The molecule has 1 amide bonds. The number of nitrogens with zero attached hydrogens (tertiary/aromatic N) is 2. The fourth-order valence-electron chi connectivity index (χ4n) is 3.92. The summed E-state index contributed by atoms with van der Waals surface area (Å²) in [5, 5.41) is 3.63. The van der Waals surface area contributed by atoms with Gasteiger partial charge in [-0.05, 0) is 25.1 Å². The molecule has 182 valence electrons. The Balaban J connectivity index is 1.44. The molecule has 0 spiro atoms. The van der Waals surface area contributed by atoms with Crippen molar-refractivity contribution in [1.82, 2.24) is 9.97 Å². The van der Waals surface area contributed by atoms with Crippen LogP contribution in [0, 0.1) is 0 Å². The molecule has 1 aliphatic rings. The van der Waals surface area contributed by atoms with E-state index in [0.717, 1.165) is 16.7 Å². The Labute approximate surface area is 213 Å². The fraction of sp³-hybridized carbons (Fsp3) is 0.179. The van der Waals surface area contributed by atoms with Gasteiger partial charge in [-0.25, -0.2) is 4.98 Å². The van der Waals surface area contributed by atoms with E-state index >= 15 is 0 Å². The highest BCUT2D eigenvalue weighted by molar-refractivity contribution is 8.00. The van der Waals surface area contributed by atoms with Crippen LogP contribution in [0.3, 0.4) is 0 Å². The SMILES string of the molecule is CCOc1cccc2c1Oc1nc(-c3ccccc3)nc(SCC(=O)Nc3cccc(OC)c3)c1C2. The molecule has 2 heterocycles.